The highest BCUT2D eigenvalue weighted by atomic mass is 35.5. The summed E-state index contributed by atoms with van der Waals surface area (Å²) in [5, 5.41) is 0. The SMILES string of the molecule is CC1CCCC1N.Cl. The van der Waals surface area contributed by atoms with Gasteiger partial charge in [0.25, 0.3) is 0 Å². The van der Waals surface area contributed by atoms with E-state index in [1.807, 2.05) is 0 Å². The molecule has 0 aromatic heterocycles. The fourth-order valence-electron chi connectivity index (χ4n) is 1.17. The Morgan fingerprint density at radius 3 is 2.12 bits per heavy atom. The molecule has 0 aliphatic heterocycles. The molecule has 1 fully saturated rings. The smallest absolute Gasteiger partial charge is 0.00645 e. The maximum absolute atomic E-state index is 5.68. The molecule has 0 aromatic carbocycles. The van der Waals surface area contributed by atoms with Crippen LogP contribution in [-0.2, 0) is 0 Å². The average Bonchev–Trinajstić information content (AvgIpc) is 1.91. The lowest BCUT2D eigenvalue weighted by Crippen LogP contribution is -2.21. The van der Waals surface area contributed by atoms with Gasteiger partial charge in [-0.3, -0.25) is 0 Å². The average molecular weight is 136 g/mol. The van der Waals surface area contributed by atoms with Gasteiger partial charge in [0.2, 0.25) is 0 Å². The predicted molar refractivity (Wildman–Crippen MR) is 38.2 cm³/mol. The Morgan fingerprint density at radius 1 is 1.38 bits per heavy atom. The van der Waals surface area contributed by atoms with Crippen molar-refractivity contribution in [2.75, 3.05) is 0 Å². The highest BCUT2D eigenvalue weighted by Crippen LogP contribution is 2.22. The molecule has 0 saturated heterocycles. The van der Waals surface area contributed by atoms with E-state index in [0.717, 1.165) is 5.92 Å². The molecular formula is C6H14ClN. The highest BCUT2D eigenvalue weighted by Gasteiger charge is 2.18. The van der Waals surface area contributed by atoms with E-state index in [4.69, 9.17) is 5.73 Å². The Hall–Kier alpha value is 0.250. The normalized spacial score (nSPS) is 36.8. The Bertz CT molecular complexity index is 57.5. The first-order valence-corrected chi connectivity index (χ1v) is 3.06. The van der Waals surface area contributed by atoms with E-state index in [1.54, 1.807) is 0 Å². The van der Waals surface area contributed by atoms with Crippen molar-refractivity contribution in [3.05, 3.63) is 0 Å². The predicted octanol–water partition coefficient (Wildman–Crippen LogP) is 1.56. The maximum Gasteiger partial charge on any atom is 0.00645 e. The third-order valence-corrected chi connectivity index (χ3v) is 1.93. The van der Waals surface area contributed by atoms with Crippen molar-refractivity contribution < 1.29 is 0 Å². The first-order chi connectivity index (χ1) is 3.30. The molecule has 0 radical (unpaired) electrons. The van der Waals surface area contributed by atoms with Crippen LogP contribution in [0.4, 0.5) is 0 Å². The third-order valence-electron chi connectivity index (χ3n) is 1.93. The molecule has 2 unspecified atom stereocenters. The van der Waals surface area contributed by atoms with Crippen molar-refractivity contribution in [2.24, 2.45) is 11.7 Å². The minimum Gasteiger partial charge on any atom is -0.327 e. The maximum atomic E-state index is 5.68. The summed E-state index contributed by atoms with van der Waals surface area (Å²) in [5.74, 6) is 0.792. The number of rotatable bonds is 0. The minimum atomic E-state index is 0. The van der Waals surface area contributed by atoms with Gasteiger partial charge in [-0.2, -0.15) is 0 Å². The van der Waals surface area contributed by atoms with E-state index in [0.29, 0.717) is 6.04 Å². The zero-order chi connectivity index (χ0) is 5.28. The van der Waals surface area contributed by atoms with E-state index in [9.17, 15) is 0 Å². The van der Waals surface area contributed by atoms with E-state index in [-0.39, 0.29) is 12.4 Å². The topological polar surface area (TPSA) is 26.0 Å². The fraction of sp³-hybridized carbons (Fsp3) is 1.00. The van der Waals surface area contributed by atoms with Gasteiger partial charge in [-0.15, -0.1) is 12.4 Å². The van der Waals surface area contributed by atoms with Gasteiger partial charge in [-0.05, 0) is 18.8 Å². The highest BCUT2D eigenvalue weighted by molar-refractivity contribution is 5.85. The lowest BCUT2D eigenvalue weighted by Gasteiger charge is -2.05. The van der Waals surface area contributed by atoms with Crippen molar-refractivity contribution in [2.45, 2.75) is 32.2 Å². The van der Waals surface area contributed by atoms with Crippen LogP contribution in [0, 0.1) is 5.92 Å². The Balaban J connectivity index is 0.000000490. The molecule has 1 aliphatic carbocycles. The lowest BCUT2D eigenvalue weighted by atomic mass is 10.1. The molecular weight excluding hydrogens is 122 g/mol. The molecule has 2 atom stereocenters. The fourth-order valence-corrected chi connectivity index (χ4v) is 1.17. The summed E-state index contributed by atoms with van der Waals surface area (Å²) < 4.78 is 0. The molecule has 8 heavy (non-hydrogen) atoms. The van der Waals surface area contributed by atoms with Gasteiger partial charge >= 0.3 is 0 Å². The summed E-state index contributed by atoms with van der Waals surface area (Å²) in [6.07, 6.45) is 3.95. The number of halogens is 1. The Kier molecular flexibility index (Phi) is 3.41. The van der Waals surface area contributed by atoms with Gasteiger partial charge in [0.1, 0.15) is 0 Å². The standard InChI is InChI=1S/C6H13N.ClH/c1-5-3-2-4-6(5)7;/h5-6H,2-4,7H2,1H3;1H. The molecule has 50 valence electrons. The van der Waals surface area contributed by atoms with Gasteiger partial charge in [0, 0.05) is 6.04 Å². The second-order valence-electron chi connectivity index (χ2n) is 2.57. The molecule has 1 nitrogen and oxygen atoms in total. The van der Waals surface area contributed by atoms with Crippen LogP contribution in [0.2, 0.25) is 0 Å². The van der Waals surface area contributed by atoms with Gasteiger partial charge in [-0.25, -0.2) is 0 Å². The van der Waals surface area contributed by atoms with Crippen LogP contribution in [-0.4, -0.2) is 6.04 Å². The van der Waals surface area contributed by atoms with E-state index < -0.39 is 0 Å². The monoisotopic (exact) mass is 135 g/mol. The first-order valence-electron chi connectivity index (χ1n) is 3.06. The summed E-state index contributed by atoms with van der Waals surface area (Å²) in [4.78, 5) is 0. The van der Waals surface area contributed by atoms with E-state index >= 15 is 0 Å². The van der Waals surface area contributed by atoms with E-state index in [2.05, 4.69) is 6.92 Å². The van der Waals surface area contributed by atoms with Crippen LogP contribution < -0.4 is 5.73 Å². The van der Waals surface area contributed by atoms with Crippen molar-refractivity contribution in [1.82, 2.24) is 0 Å². The van der Waals surface area contributed by atoms with Crippen LogP contribution in [0.15, 0.2) is 0 Å². The van der Waals surface area contributed by atoms with Crippen molar-refractivity contribution >= 4 is 12.4 Å². The molecule has 1 aliphatic rings. The molecule has 0 spiro atoms. The quantitative estimate of drug-likeness (QED) is 0.536. The first kappa shape index (κ1) is 8.25. The molecule has 1 rings (SSSR count). The third kappa shape index (κ3) is 1.64. The summed E-state index contributed by atoms with van der Waals surface area (Å²) in [6.45, 7) is 2.23. The van der Waals surface area contributed by atoms with Crippen molar-refractivity contribution in [1.29, 1.82) is 0 Å². The molecule has 0 heterocycles. The Labute approximate surface area is 57.1 Å². The largest absolute Gasteiger partial charge is 0.327 e. The summed E-state index contributed by atoms with van der Waals surface area (Å²) in [7, 11) is 0. The zero-order valence-corrected chi connectivity index (χ0v) is 6.08. The van der Waals surface area contributed by atoms with Gasteiger partial charge in [-0.1, -0.05) is 13.3 Å². The molecule has 0 amide bonds. The van der Waals surface area contributed by atoms with Crippen LogP contribution in [0.1, 0.15) is 26.2 Å². The van der Waals surface area contributed by atoms with Crippen molar-refractivity contribution in [3.63, 3.8) is 0 Å². The second kappa shape index (κ2) is 3.31. The minimum absolute atomic E-state index is 0. The summed E-state index contributed by atoms with van der Waals surface area (Å²) in [5.41, 5.74) is 5.68. The molecule has 2 N–H and O–H groups in total. The number of hydrogen-bond donors (Lipinski definition) is 1. The van der Waals surface area contributed by atoms with Gasteiger partial charge in [0.15, 0.2) is 0 Å². The number of nitrogens with two attached hydrogens (primary N) is 1. The molecule has 2 heteroatoms. The van der Waals surface area contributed by atoms with E-state index in [1.165, 1.54) is 19.3 Å². The molecule has 1 saturated carbocycles. The second-order valence-corrected chi connectivity index (χ2v) is 2.57. The summed E-state index contributed by atoms with van der Waals surface area (Å²) >= 11 is 0. The Morgan fingerprint density at radius 2 is 2.00 bits per heavy atom. The van der Waals surface area contributed by atoms with Crippen LogP contribution in [0.3, 0.4) is 0 Å². The van der Waals surface area contributed by atoms with Crippen LogP contribution in [0.25, 0.3) is 0 Å². The zero-order valence-electron chi connectivity index (χ0n) is 5.26. The van der Waals surface area contributed by atoms with Crippen LogP contribution >= 0.6 is 12.4 Å². The summed E-state index contributed by atoms with van der Waals surface area (Å²) in [6, 6.07) is 0.514. The lowest BCUT2D eigenvalue weighted by molar-refractivity contribution is 0.527. The molecule has 0 bridgehead atoms. The van der Waals surface area contributed by atoms with Gasteiger partial charge in [0.05, 0.1) is 0 Å². The van der Waals surface area contributed by atoms with Gasteiger partial charge < -0.3 is 5.73 Å². The number of hydrogen-bond acceptors (Lipinski definition) is 1. The van der Waals surface area contributed by atoms with Crippen LogP contribution in [0.5, 0.6) is 0 Å². The van der Waals surface area contributed by atoms with Crippen molar-refractivity contribution in [3.8, 4) is 0 Å². The molecule has 0 aromatic rings.